The second-order valence-electron chi connectivity index (χ2n) is 3.91. The minimum Gasteiger partial charge on any atom is -0.478 e. The van der Waals surface area contributed by atoms with E-state index in [4.69, 9.17) is 7.85 Å². The van der Waals surface area contributed by atoms with Crippen molar-refractivity contribution in [2.45, 2.75) is 18.9 Å². The van der Waals surface area contributed by atoms with Crippen molar-refractivity contribution in [1.82, 2.24) is 0 Å². The summed E-state index contributed by atoms with van der Waals surface area (Å²) < 4.78 is 83.6. The Kier molecular flexibility index (Phi) is 2.79. The predicted octanol–water partition coefficient (Wildman–Crippen LogP) is 3.09. The maximum absolute atomic E-state index is 13.4. The van der Waals surface area contributed by atoms with E-state index in [1.54, 1.807) is 0 Å². The van der Waals surface area contributed by atoms with E-state index in [-0.39, 0.29) is 0 Å². The van der Waals surface area contributed by atoms with Gasteiger partial charge >= 0.3 is 12.1 Å². The number of carboxylic acids is 1. The lowest BCUT2D eigenvalue weighted by atomic mass is 9.99. The standard InChI is InChI=1S/C12H7F5O3/c13-4-6-2-7(14)1-5-3-8(11(18)19)10(12(15,16)17)20-9(5)6/h1-3,10H,4H2,(H,18,19)/t10-/m0/s1/i4D2. The molecule has 0 saturated heterocycles. The Bertz CT molecular complexity index is 664. The topological polar surface area (TPSA) is 46.5 Å². The molecule has 20 heavy (non-hydrogen) atoms. The smallest absolute Gasteiger partial charge is 0.430 e. The Morgan fingerprint density at radius 2 is 2.10 bits per heavy atom. The molecule has 0 bridgehead atoms. The summed E-state index contributed by atoms with van der Waals surface area (Å²) in [6.45, 7) is -3.67. The molecule has 1 aromatic rings. The number of carbonyl (C=O) groups is 1. The van der Waals surface area contributed by atoms with Gasteiger partial charge in [-0.1, -0.05) is 0 Å². The van der Waals surface area contributed by atoms with Crippen molar-refractivity contribution in [1.29, 1.82) is 0 Å². The van der Waals surface area contributed by atoms with Crippen LogP contribution in [0.1, 0.15) is 13.9 Å². The van der Waals surface area contributed by atoms with Crippen molar-refractivity contribution < 1.29 is 39.3 Å². The molecule has 0 saturated carbocycles. The second-order valence-corrected chi connectivity index (χ2v) is 3.91. The number of hydrogen-bond acceptors (Lipinski definition) is 2. The molecule has 0 amide bonds. The third-order valence-corrected chi connectivity index (χ3v) is 2.56. The van der Waals surface area contributed by atoms with E-state index in [0.29, 0.717) is 18.2 Å². The van der Waals surface area contributed by atoms with Gasteiger partial charge in [-0.3, -0.25) is 0 Å². The van der Waals surface area contributed by atoms with Gasteiger partial charge in [-0.15, -0.1) is 0 Å². The Labute approximate surface area is 112 Å². The van der Waals surface area contributed by atoms with Gasteiger partial charge in [0.1, 0.15) is 18.2 Å². The van der Waals surface area contributed by atoms with Gasteiger partial charge in [0.25, 0.3) is 0 Å². The Morgan fingerprint density at radius 3 is 2.60 bits per heavy atom. The van der Waals surface area contributed by atoms with E-state index in [9.17, 15) is 26.7 Å². The molecule has 1 aliphatic rings. The highest BCUT2D eigenvalue weighted by Crippen LogP contribution is 2.39. The van der Waals surface area contributed by atoms with Gasteiger partial charge in [0.2, 0.25) is 6.10 Å². The summed E-state index contributed by atoms with van der Waals surface area (Å²) in [5.41, 5.74) is -2.79. The summed E-state index contributed by atoms with van der Waals surface area (Å²) in [4.78, 5) is 10.9. The fourth-order valence-electron chi connectivity index (χ4n) is 1.77. The van der Waals surface area contributed by atoms with Crippen molar-refractivity contribution in [2.24, 2.45) is 0 Å². The molecule has 1 atom stereocenters. The fraction of sp³-hybridized carbons (Fsp3) is 0.250. The van der Waals surface area contributed by atoms with Crippen LogP contribution in [0.15, 0.2) is 17.7 Å². The van der Waals surface area contributed by atoms with E-state index in [2.05, 4.69) is 4.74 Å². The zero-order chi connectivity index (χ0) is 16.9. The first-order valence-corrected chi connectivity index (χ1v) is 5.12. The maximum atomic E-state index is 13.4. The molecule has 0 radical (unpaired) electrons. The number of hydrogen-bond donors (Lipinski definition) is 1. The minimum atomic E-state index is -5.13. The van der Waals surface area contributed by atoms with Gasteiger partial charge in [-0.2, -0.15) is 13.2 Å². The number of rotatable bonds is 2. The molecule has 108 valence electrons. The first-order chi connectivity index (χ1) is 9.91. The lowest BCUT2D eigenvalue weighted by Gasteiger charge is -2.28. The van der Waals surface area contributed by atoms with Crippen LogP contribution in [0.3, 0.4) is 0 Å². The van der Waals surface area contributed by atoms with Gasteiger partial charge < -0.3 is 9.84 Å². The molecule has 8 heteroatoms. The van der Waals surface area contributed by atoms with E-state index >= 15 is 0 Å². The maximum Gasteiger partial charge on any atom is 0.430 e. The van der Waals surface area contributed by atoms with Crippen LogP contribution >= 0.6 is 0 Å². The van der Waals surface area contributed by atoms with Crippen LogP contribution in [-0.2, 0) is 11.4 Å². The minimum absolute atomic E-state index is 0.353. The molecule has 0 aliphatic carbocycles. The lowest BCUT2D eigenvalue weighted by molar-refractivity contribution is -0.187. The molecule has 0 aromatic heterocycles. The highest BCUT2D eigenvalue weighted by Gasteiger charge is 2.48. The molecule has 2 rings (SSSR count). The number of carboxylic acid groups (broad SMARTS) is 1. The summed E-state index contributed by atoms with van der Waals surface area (Å²) in [6.07, 6.45) is -7.56. The van der Waals surface area contributed by atoms with Gasteiger partial charge in [0, 0.05) is 11.1 Å². The number of fused-ring (bicyclic) bond motifs is 1. The van der Waals surface area contributed by atoms with Gasteiger partial charge in [-0.05, 0) is 18.2 Å². The van der Waals surface area contributed by atoms with Crippen molar-refractivity contribution in [3.8, 4) is 5.75 Å². The molecule has 0 unspecified atom stereocenters. The molecular weight excluding hydrogens is 287 g/mol. The molecule has 0 fully saturated rings. The second kappa shape index (κ2) is 4.77. The molecule has 1 heterocycles. The highest BCUT2D eigenvalue weighted by molar-refractivity contribution is 5.95. The van der Waals surface area contributed by atoms with Crippen molar-refractivity contribution in [3.05, 3.63) is 34.6 Å². The number of ether oxygens (including phenoxy) is 1. The molecule has 0 spiro atoms. The van der Waals surface area contributed by atoms with Crippen LogP contribution in [0.2, 0.25) is 0 Å². The van der Waals surface area contributed by atoms with Gasteiger partial charge in [-0.25, -0.2) is 13.6 Å². The van der Waals surface area contributed by atoms with Crippen LogP contribution in [0.4, 0.5) is 22.0 Å². The van der Waals surface area contributed by atoms with Crippen molar-refractivity contribution in [3.63, 3.8) is 0 Å². The molecule has 1 aromatic carbocycles. The summed E-state index contributed by atoms with van der Waals surface area (Å²) >= 11 is 0. The summed E-state index contributed by atoms with van der Waals surface area (Å²) in [7, 11) is 0. The van der Waals surface area contributed by atoms with E-state index < -0.39 is 53.1 Å². The summed E-state index contributed by atoms with van der Waals surface area (Å²) in [5.74, 6) is -3.98. The average Bonchev–Trinajstić information content (AvgIpc) is 2.33. The van der Waals surface area contributed by atoms with Crippen molar-refractivity contribution in [2.75, 3.05) is 0 Å². The molecule has 1 aliphatic heterocycles. The number of aliphatic carboxylic acids is 1. The van der Waals surface area contributed by atoms with Gasteiger partial charge in [0.15, 0.2) is 0 Å². The normalized spacial score (nSPS) is 20.2. The van der Waals surface area contributed by atoms with Crippen LogP contribution in [0.25, 0.3) is 6.08 Å². The van der Waals surface area contributed by atoms with Crippen LogP contribution in [0, 0.1) is 5.82 Å². The van der Waals surface area contributed by atoms with E-state index in [0.717, 1.165) is 0 Å². The van der Waals surface area contributed by atoms with E-state index in [1.165, 1.54) is 0 Å². The van der Waals surface area contributed by atoms with Gasteiger partial charge in [0.05, 0.1) is 8.31 Å². The number of benzene rings is 1. The van der Waals surface area contributed by atoms with Crippen LogP contribution < -0.4 is 4.74 Å². The SMILES string of the molecule is [2H]C([2H])(F)c1cc(F)cc2c1O[C@H](C(F)(F)F)C(C(=O)O)=C2. The van der Waals surface area contributed by atoms with Crippen LogP contribution in [0.5, 0.6) is 5.75 Å². The largest absolute Gasteiger partial charge is 0.478 e. The quantitative estimate of drug-likeness (QED) is 0.853. The Hall–Kier alpha value is -2.12. The van der Waals surface area contributed by atoms with Crippen molar-refractivity contribution >= 4 is 12.0 Å². The lowest BCUT2D eigenvalue weighted by Crippen LogP contribution is -2.40. The zero-order valence-electron chi connectivity index (χ0n) is 11.5. The summed E-state index contributed by atoms with van der Waals surface area (Å²) in [6, 6.07) is 0.978. The first-order valence-electron chi connectivity index (χ1n) is 6.12. The third-order valence-electron chi connectivity index (χ3n) is 2.56. The van der Waals surface area contributed by atoms with E-state index in [1.807, 2.05) is 0 Å². The molecule has 1 N–H and O–H groups in total. The Morgan fingerprint density at radius 1 is 1.45 bits per heavy atom. The summed E-state index contributed by atoms with van der Waals surface area (Å²) in [5, 5.41) is 8.81. The number of alkyl halides is 4. The first kappa shape index (κ1) is 11.7. The highest BCUT2D eigenvalue weighted by atomic mass is 19.4. The zero-order valence-corrected chi connectivity index (χ0v) is 9.46. The molecule has 3 nitrogen and oxygen atoms in total. The average molecular weight is 296 g/mol. The monoisotopic (exact) mass is 296 g/mol. The Balaban J connectivity index is 2.71. The predicted molar refractivity (Wildman–Crippen MR) is 57.3 cm³/mol. The fourth-order valence-corrected chi connectivity index (χ4v) is 1.77. The molecular formula is C12H7F5O3. The third kappa shape index (κ3) is 2.45. The number of halogens is 5. The van der Waals surface area contributed by atoms with Crippen LogP contribution in [-0.4, -0.2) is 23.4 Å².